The van der Waals surface area contributed by atoms with Gasteiger partial charge in [-0.25, -0.2) is 17.5 Å². The Bertz CT molecular complexity index is 688. The summed E-state index contributed by atoms with van der Waals surface area (Å²) < 4.78 is 57.5. The summed E-state index contributed by atoms with van der Waals surface area (Å²) in [5, 5.41) is 0. The fourth-order valence-corrected chi connectivity index (χ4v) is 4.46. The lowest BCUT2D eigenvalue weighted by molar-refractivity contribution is -0.186. The largest absolute Gasteiger partial charge is 0.495 e. The first kappa shape index (κ1) is 17.6. The molecule has 134 valence electrons. The molecule has 1 heterocycles. The summed E-state index contributed by atoms with van der Waals surface area (Å²) >= 11 is 0. The number of ether oxygens (including phenoxy) is 3. The molecule has 1 saturated heterocycles. The van der Waals surface area contributed by atoms with E-state index in [1.807, 2.05) is 0 Å². The third-order valence-electron chi connectivity index (χ3n) is 4.45. The molecule has 1 saturated carbocycles. The monoisotopic (exact) mass is 359 g/mol. The average Bonchev–Trinajstić information content (AvgIpc) is 2.96. The second-order valence-corrected chi connectivity index (χ2v) is 7.90. The van der Waals surface area contributed by atoms with Crippen LogP contribution < -0.4 is 9.46 Å². The highest BCUT2D eigenvalue weighted by molar-refractivity contribution is 7.89. The molecule has 1 N–H and O–H groups in total. The van der Waals surface area contributed by atoms with Crippen molar-refractivity contribution in [3.8, 4) is 5.75 Å². The Morgan fingerprint density at radius 1 is 1.33 bits per heavy atom. The highest BCUT2D eigenvalue weighted by Gasteiger charge is 2.42. The van der Waals surface area contributed by atoms with Crippen LogP contribution in [0.1, 0.15) is 32.1 Å². The van der Waals surface area contributed by atoms with Crippen molar-refractivity contribution in [1.29, 1.82) is 0 Å². The number of hydrogen-bond acceptors (Lipinski definition) is 5. The van der Waals surface area contributed by atoms with Crippen molar-refractivity contribution in [3.05, 3.63) is 24.0 Å². The maximum absolute atomic E-state index is 13.4. The molecule has 1 aromatic rings. The van der Waals surface area contributed by atoms with E-state index >= 15 is 0 Å². The highest BCUT2D eigenvalue weighted by Crippen LogP contribution is 2.37. The number of benzene rings is 1. The van der Waals surface area contributed by atoms with Gasteiger partial charge in [0.25, 0.3) is 0 Å². The van der Waals surface area contributed by atoms with Gasteiger partial charge in [0.05, 0.1) is 19.8 Å². The van der Waals surface area contributed by atoms with Gasteiger partial charge in [-0.15, -0.1) is 0 Å². The molecule has 1 spiro atoms. The van der Waals surface area contributed by atoms with E-state index in [-0.39, 0.29) is 23.3 Å². The summed E-state index contributed by atoms with van der Waals surface area (Å²) in [7, 11) is -2.57. The third kappa shape index (κ3) is 3.72. The maximum atomic E-state index is 13.4. The number of halogens is 1. The first-order valence-corrected chi connectivity index (χ1v) is 9.57. The predicted molar refractivity (Wildman–Crippen MR) is 84.8 cm³/mol. The Morgan fingerprint density at radius 3 is 2.79 bits per heavy atom. The van der Waals surface area contributed by atoms with Gasteiger partial charge in [-0.3, -0.25) is 0 Å². The molecule has 24 heavy (non-hydrogen) atoms. The van der Waals surface area contributed by atoms with Crippen LogP contribution in [0.25, 0.3) is 0 Å². The van der Waals surface area contributed by atoms with E-state index in [0.717, 1.165) is 37.8 Å². The van der Waals surface area contributed by atoms with Crippen LogP contribution in [0.15, 0.2) is 23.1 Å². The normalized spacial score (nSPS) is 23.5. The number of methoxy groups -OCH3 is 1. The minimum Gasteiger partial charge on any atom is -0.495 e. The lowest BCUT2D eigenvalue weighted by Gasteiger charge is -2.31. The minimum absolute atomic E-state index is 0.0732. The van der Waals surface area contributed by atoms with Crippen LogP contribution >= 0.6 is 0 Å². The summed E-state index contributed by atoms with van der Waals surface area (Å²) in [6, 6.07) is 3.38. The van der Waals surface area contributed by atoms with E-state index in [0.29, 0.717) is 6.61 Å². The van der Waals surface area contributed by atoms with Crippen molar-refractivity contribution in [2.75, 3.05) is 20.3 Å². The van der Waals surface area contributed by atoms with Crippen LogP contribution in [-0.4, -0.2) is 40.6 Å². The smallest absolute Gasteiger partial charge is 0.244 e. The van der Waals surface area contributed by atoms with E-state index in [1.165, 1.54) is 19.6 Å². The van der Waals surface area contributed by atoms with Crippen molar-refractivity contribution in [3.63, 3.8) is 0 Å². The molecule has 8 heteroatoms. The van der Waals surface area contributed by atoms with Crippen LogP contribution in [0.2, 0.25) is 0 Å². The van der Waals surface area contributed by atoms with Gasteiger partial charge < -0.3 is 14.2 Å². The molecule has 0 bridgehead atoms. The molecule has 0 radical (unpaired) electrons. The lowest BCUT2D eigenvalue weighted by atomic mass is 9.94. The Balaban J connectivity index is 1.65. The molecule has 3 rings (SSSR count). The van der Waals surface area contributed by atoms with Gasteiger partial charge in [-0.2, -0.15) is 0 Å². The van der Waals surface area contributed by atoms with Gasteiger partial charge in [-0.05, 0) is 31.0 Å². The number of nitrogens with one attached hydrogen (secondary N) is 1. The molecule has 1 aromatic carbocycles. The average molecular weight is 359 g/mol. The first-order valence-electron chi connectivity index (χ1n) is 8.09. The molecule has 1 aliphatic carbocycles. The molecular weight excluding hydrogens is 337 g/mol. The van der Waals surface area contributed by atoms with Crippen LogP contribution in [0.3, 0.4) is 0 Å². The molecule has 1 aliphatic heterocycles. The van der Waals surface area contributed by atoms with E-state index < -0.39 is 21.6 Å². The lowest BCUT2D eigenvalue weighted by Crippen LogP contribution is -2.37. The van der Waals surface area contributed by atoms with Gasteiger partial charge in [0.1, 0.15) is 16.5 Å². The third-order valence-corrected chi connectivity index (χ3v) is 5.89. The highest BCUT2D eigenvalue weighted by atomic mass is 32.2. The quantitative estimate of drug-likeness (QED) is 0.872. The van der Waals surface area contributed by atoms with Crippen LogP contribution in [0.4, 0.5) is 4.39 Å². The van der Waals surface area contributed by atoms with Crippen molar-refractivity contribution < 1.29 is 27.0 Å². The van der Waals surface area contributed by atoms with E-state index in [1.54, 1.807) is 0 Å². The second-order valence-electron chi connectivity index (χ2n) is 6.17. The minimum atomic E-state index is -3.91. The summed E-state index contributed by atoms with van der Waals surface area (Å²) in [5.41, 5.74) is 0. The zero-order valence-electron chi connectivity index (χ0n) is 13.6. The Labute approximate surface area is 141 Å². The number of rotatable bonds is 5. The molecule has 1 atom stereocenters. The first-order chi connectivity index (χ1) is 11.4. The van der Waals surface area contributed by atoms with E-state index in [9.17, 15) is 12.8 Å². The van der Waals surface area contributed by atoms with Gasteiger partial charge in [0, 0.05) is 19.4 Å². The fourth-order valence-electron chi connectivity index (χ4n) is 3.21. The van der Waals surface area contributed by atoms with Crippen molar-refractivity contribution in [1.82, 2.24) is 4.72 Å². The predicted octanol–water partition coefficient (Wildman–Crippen LogP) is 2.19. The van der Waals surface area contributed by atoms with Gasteiger partial charge in [0.2, 0.25) is 10.0 Å². The molecule has 6 nitrogen and oxygen atoms in total. The molecule has 0 amide bonds. The van der Waals surface area contributed by atoms with Gasteiger partial charge >= 0.3 is 0 Å². The molecular formula is C16H22FNO5S. The van der Waals surface area contributed by atoms with Gasteiger partial charge in [-0.1, -0.05) is 6.42 Å². The molecule has 2 fully saturated rings. The van der Waals surface area contributed by atoms with E-state index in [2.05, 4.69) is 4.72 Å². The van der Waals surface area contributed by atoms with Crippen molar-refractivity contribution in [2.45, 2.75) is 48.9 Å². The van der Waals surface area contributed by atoms with Crippen molar-refractivity contribution in [2.24, 2.45) is 0 Å². The number of hydrogen-bond donors (Lipinski definition) is 1. The zero-order chi connectivity index (χ0) is 17.2. The summed E-state index contributed by atoms with van der Waals surface area (Å²) in [6.45, 7) is 0.423. The van der Waals surface area contributed by atoms with Gasteiger partial charge in [0.15, 0.2) is 5.79 Å². The number of sulfonamides is 1. The van der Waals surface area contributed by atoms with Crippen LogP contribution in [-0.2, 0) is 19.5 Å². The molecule has 0 unspecified atom stereocenters. The molecule has 0 aromatic heterocycles. The Hall–Kier alpha value is -1.22. The van der Waals surface area contributed by atoms with E-state index in [4.69, 9.17) is 14.2 Å². The SMILES string of the molecule is COc1ccc(F)cc1S(=O)(=O)NC[C@H]1COC2(CCCCC2)O1. The standard InChI is InChI=1S/C16H22FNO5S/c1-21-14-6-5-12(17)9-15(14)24(19,20)18-10-13-11-22-16(23-13)7-3-2-4-8-16/h5-6,9,13,18H,2-4,7-8,10-11H2,1H3/t13-/m0/s1. The van der Waals surface area contributed by atoms with Crippen molar-refractivity contribution >= 4 is 10.0 Å². The second kappa shape index (κ2) is 6.95. The fraction of sp³-hybridized carbons (Fsp3) is 0.625. The van der Waals surface area contributed by atoms with Crippen LogP contribution in [0.5, 0.6) is 5.75 Å². The summed E-state index contributed by atoms with van der Waals surface area (Å²) in [4.78, 5) is -0.226. The Kier molecular flexibility index (Phi) is 5.10. The maximum Gasteiger partial charge on any atom is 0.244 e. The van der Waals surface area contributed by atoms with Crippen LogP contribution in [0, 0.1) is 5.82 Å². The summed E-state index contributed by atoms with van der Waals surface area (Å²) in [5.74, 6) is -1.10. The zero-order valence-corrected chi connectivity index (χ0v) is 14.4. The Morgan fingerprint density at radius 2 is 2.08 bits per heavy atom. The topological polar surface area (TPSA) is 73.9 Å². The summed E-state index contributed by atoms with van der Waals surface area (Å²) in [6.07, 6.45) is 4.61. The molecule has 2 aliphatic rings.